The van der Waals surface area contributed by atoms with Gasteiger partial charge in [-0.15, -0.1) is 0 Å². The van der Waals surface area contributed by atoms with Crippen molar-refractivity contribution in [1.29, 1.82) is 0 Å². The Bertz CT molecular complexity index is 985. The van der Waals surface area contributed by atoms with Gasteiger partial charge in [-0.1, -0.05) is 38.7 Å². The number of unbranched alkanes of at least 4 members (excludes halogenated alkanes) is 3. The summed E-state index contributed by atoms with van der Waals surface area (Å²) in [5.41, 5.74) is -0.476. The molecule has 0 fully saturated rings. The molecule has 0 aliphatic carbocycles. The Kier molecular flexibility index (Phi) is 7.35. The highest BCUT2D eigenvalue weighted by atomic mass is 32.2. The van der Waals surface area contributed by atoms with Crippen LogP contribution in [0, 0.1) is 0 Å². The van der Waals surface area contributed by atoms with Gasteiger partial charge in [-0.25, -0.2) is 9.78 Å². The van der Waals surface area contributed by atoms with E-state index >= 15 is 0 Å². The lowest BCUT2D eigenvalue weighted by Crippen LogP contribution is -2.18. The predicted octanol–water partition coefficient (Wildman–Crippen LogP) is 2.68. The highest BCUT2D eigenvalue weighted by Crippen LogP contribution is 2.27. The van der Waals surface area contributed by atoms with Gasteiger partial charge >= 0.3 is 5.97 Å². The summed E-state index contributed by atoms with van der Waals surface area (Å²) >= 11 is 0. The summed E-state index contributed by atoms with van der Waals surface area (Å²) in [6, 6.07) is 2.53. The number of aliphatic carboxylic acids is 1. The SMILES string of the molecule is CCCCCCC(C(=O)O)n1cnc(NC(=O)c2cccc(O)c2S(=O)(=O)O)c1. The van der Waals surface area contributed by atoms with Crippen molar-refractivity contribution in [3.63, 3.8) is 0 Å². The molecule has 4 N–H and O–H groups in total. The number of phenols is 1. The average molecular weight is 425 g/mol. The van der Waals surface area contributed by atoms with Crippen molar-refractivity contribution in [1.82, 2.24) is 9.55 Å². The molecule has 1 aromatic carbocycles. The number of hydrogen-bond acceptors (Lipinski definition) is 6. The molecule has 0 spiro atoms. The van der Waals surface area contributed by atoms with Gasteiger partial charge in [-0.05, 0) is 18.6 Å². The molecule has 1 unspecified atom stereocenters. The number of carbonyl (C=O) groups excluding carboxylic acids is 1. The zero-order valence-electron chi connectivity index (χ0n) is 15.8. The largest absolute Gasteiger partial charge is 0.506 e. The van der Waals surface area contributed by atoms with Gasteiger partial charge in [0.05, 0.1) is 11.9 Å². The molecule has 11 heteroatoms. The number of rotatable bonds is 10. The minimum atomic E-state index is -4.85. The van der Waals surface area contributed by atoms with Gasteiger partial charge in [-0.2, -0.15) is 8.42 Å². The molecule has 0 saturated heterocycles. The second-order valence-corrected chi connectivity index (χ2v) is 7.85. The molecule has 1 atom stereocenters. The number of amides is 1. The maximum Gasteiger partial charge on any atom is 0.326 e. The van der Waals surface area contributed by atoms with Gasteiger partial charge in [0.15, 0.2) is 5.82 Å². The Labute approximate surface area is 168 Å². The Morgan fingerprint density at radius 1 is 1.24 bits per heavy atom. The number of aromatic hydroxyl groups is 1. The smallest absolute Gasteiger partial charge is 0.326 e. The fourth-order valence-corrected chi connectivity index (χ4v) is 3.67. The van der Waals surface area contributed by atoms with E-state index in [0.717, 1.165) is 37.8 Å². The van der Waals surface area contributed by atoms with E-state index in [-0.39, 0.29) is 5.82 Å². The summed E-state index contributed by atoms with van der Waals surface area (Å²) in [6.45, 7) is 2.05. The molecule has 1 aromatic heterocycles. The molecule has 1 heterocycles. The molecule has 0 radical (unpaired) electrons. The predicted molar refractivity (Wildman–Crippen MR) is 104 cm³/mol. The van der Waals surface area contributed by atoms with Crippen molar-refractivity contribution in [3.05, 3.63) is 36.3 Å². The van der Waals surface area contributed by atoms with E-state index in [1.165, 1.54) is 23.2 Å². The van der Waals surface area contributed by atoms with E-state index in [2.05, 4.69) is 17.2 Å². The third-order valence-corrected chi connectivity index (χ3v) is 5.26. The average Bonchev–Trinajstić information content (AvgIpc) is 3.08. The first-order chi connectivity index (χ1) is 13.6. The first kappa shape index (κ1) is 22.4. The number of carbonyl (C=O) groups is 2. The van der Waals surface area contributed by atoms with Crippen molar-refractivity contribution >= 4 is 27.8 Å². The van der Waals surface area contributed by atoms with Crippen molar-refractivity contribution in [2.75, 3.05) is 5.32 Å². The van der Waals surface area contributed by atoms with Crippen LogP contribution in [0.5, 0.6) is 5.75 Å². The standard InChI is InChI=1S/C18H23N3O7S/c1-2-3-4-5-8-13(18(24)25)21-10-15(19-11-21)20-17(23)12-7-6-9-14(22)16(12)29(26,27)28/h6-7,9-11,13,22H,2-5,8H2,1H3,(H,20,23)(H,24,25)(H,26,27,28). The lowest BCUT2D eigenvalue weighted by atomic mass is 10.1. The summed E-state index contributed by atoms with van der Waals surface area (Å²) in [6.07, 6.45) is 6.67. The van der Waals surface area contributed by atoms with Gasteiger partial charge in [-0.3, -0.25) is 9.35 Å². The van der Waals surface area contributed by atoms with Crippen LogP contribution >= 0.6 is 0 Å². The molecular formula is C18H23N3O7S. The molecule has 0 aliphatic rings. The molecule has 2 aromatic rings. The third-order valence-electron chi connectivity index (χ3n) is 4.32. The summed E-state index contributed by atoms with van der Waals surface area (Å²) in [5, 5.41) is 21.5. The monoisotopic (exact) mass is 425 g/mol. The number of phenolic OH excluding ortho intramolecular Hbond substituents is 1. The van der Waals surface area contributed by atoms with Gasteiger partial charge in [0.1, 0.15) is 16.7 Å². The Morgan fingerprint density at radius 3 is 2.59 bits per heavy atom. The number of aromatic nitrogens is 2. The van der Waals surface area contributed by atoms with Crippen LogP contribution in [-0.2, 0) is 14.9 Å². The number of benzene rings is 1. The van der Waals surface area contributed by atoms with Crippen LogP contribution in [0.4, 0.5) is 5.82 Å². The Morgan fingerprint density at radius 2 is 1.97 bits per heavy atom. The molecule has 158 valence electrons. The van der Waals surface area contributed by atoms with Crippen molar-refractivity contribution < 1.29 is 32.8 Å². The molecule has 0 aliphatic heterocycles. The highest BCUT2D eigenvalue weighted by molar-refractivity contribution is 7.86. The molecular weight excluding hydrogens is 402 g/mol. The molecule has 0 saturated carbocycles. The van der Waals surface area contributed by atoms with E-state index in [9.17, 15) is 32.8 Å². The summed E-state index contributed by atoms with van der Waals surface area (Å²) < 4.78 is 33.6. The summed E-state index contributed by atoms with van der Waals surface area (Å²) in [7, 11) is -4.85. The number of anilines is 1. The second kappa shape index (κ2) is 9.52. The van der Waals surface area contributed by atoms with Crippen LogP contribution in [-0.4, -0.2) is 44.6 Å². The number of nitrogens with one attached hydrogen (secondary N) is 1. The minimum absolute atomic E-state index is 0.000520. The maximum absolute atomic E-state index is 12.4. The molecule has 10 nitrogen and oxygen atoms in total. The van der Waals surface area contributed by atoms with Crippen LogP contribution in [0.15, 0.2) is 35.6 Å². The van der Waals surface area contributed by atoms with E-state index in [4.69, 9.17) is 0 Å². The number of nitrogens with zero attached hydrogens (tertiary/aromatic N) is 2. The fraction of sp³-hybridized carbons (Fsp3) is 0.389. The summed E-state index contributed by atoms with van der Waals surface area (Å²) in [5.74, 6) is -2.74. The Balaban J connectivity index is 2.19. The molecule has 1 amide bonds. The maximum atomic E-state index is 12.4. The number of hydrogen-bond donors (Lipinski definition) is 4. The first-order valence-corrected chi connectivity index (χ1v) is 10.5. The first-order valence-electron chi connectivity index (χ1n) is 9.02. The zero-order valence-corrected chi connectivity index (χ0v) is 16.6. The molecule has 29 heavy (non-hydrogen) atoms. The van der Waals surface area contributed by atoms with Crippen LogP contribution < -0.4 is 5.32 Å². The van der Waals surface area contributed by atoms with E-state index in [0.29, 0.717) is 6.42 Å². The normalized spacial score (nSPS) is 12.5. The van der Waals surface area contributed by atoms with E-state index in [1.807, 2.05) is 0 Å². The minimum Gasteiger partial charge on any atom is -0.506 e. The second-order valence-electron chi connectivity index (χ2n) is 6.49. The van der Waals surface area contributed by atoms with Crippen molar-refractivity contribution in [2.24, 2.45) is 0 Å². The lowest BCUT2D eigenvalue weighted by molar-refractivity contribution is -0.141. The topological polar surface area (TPSA) is 159 Å². The van der Waals surface area contributed by atoms with Crippen LogP contribution in [0.1, 0.15) is 55.4 Å². The van der Waals surface area contributed by atoms with Crippen LogP contribution in [0.3, 0.4) is 0 Å². The summed E-state index contributed by atoms with van der Waals surface area (Å²) in [4.78, 5) is 27.0. The Hall–Kier alpha value is -2.92. The van der Waals surface area contributed by atoms with Gasteiger partial charge < -0.3 is 20.1 Å². The van der Waals surface area contributed by atoms with Crippen molar-refractivity contribution in [2.45, 2.75) is 50.0 Å². The number of carboxylic acids is 1. The van der Waals surface area contributed by atoms with Gasteiger partial charge in [0, 0.05) is 6.20 Å². The zero-order chi connectivity index (χ0) is 21.6. The van der Waals surface area contributed by atoms with Crippen molar-refractivity contribution in [3.8, 4) is 5.75 Å². The number of imidazole rings is 1. The number of carboxylic acid groups (broad SMARTS) is 1. The van der Waals surface area contributed by atoms with Crippen LogP contribution in [0.25, 0.3) is 0 Å². The third kappa shape index (κ3) is 5.78. The molecule has 0 bridgehead atoms. The van der Waals surface area contributed by atoms with Crippen LogP contribution in [0.2, 0.25) is 0 Å². The van der Waals surface area contributed by atoms with E-state index in [1.54, 1.807) is 0 Å². The lowest BCUT2D eigenvalue weighted by Gasteiger charge is -2.13. The van der Waals surface area contributed by atoms with Gasteiger partial charge in [0.25, 0.3) is 16.0 Å². The van der Waals surface area contributed by atoms with Gasteiger partial charge in [0.2, 0.25) is 0 Å². The fourth-order valence-electron chi connectivity index (χ4n) is 2.89. The highest BCUT2D eigenvalue weighted by Gasteiger charge is 2.25. The quantitative estimate of drug-likeness (QED) is 0.334. The molecule has 2 rings (SSSR count). The van der Waals surface area contributed by atoms with E-state index < -0.39 is 44.2 Å².